The molecule has 1 aliphatic heterocycles. The van der Waals surface area contributed by atoms with E-state index < -0.39 is 18.5 Å². The molecule has 0 amide bonds. The molecule has 0 aromatic carbocycles. The normalized spacial score (nSPS) is 20.7. The summed E-state index contributed by atoms with van der Waals surface area (Å²) < 4.78 is 13.1. The van der Waals surface area contributed by atoms with Crippen molar-refractivity contribution in [3.8, 4) is 0 Å². The van der Waals surface area contributed by atoms with Crippen molar-refractivity contribution in [1.29, 1.82) is 0 Å². The van der Waals surface area contributed by atoms with Gasteiger partial charge in [0.1, 0.15) is 5.75 Å². The lowest BCUT2D eigenvalue weighted by Gasteiger charge is -2.15. The second-order valence-corrected chi connectivity index (χ2v) is 4.66. The first kappa shape index (κ1) is 10.7. The fourth-order valence-electron chi connectivity index (χ4n) is 1.33. The van der Waals surface area contributed by atoms with Gasteiger partial charge in [0.05, 0.1) is 17.9 Å². The van der Waals surface area contributed by atoms with Crippen LogP contribution in [0.2, 0.25) is 0 Å². The van der Waals surface area contributed by atoms with E-state index in [0.717, 1.165) is 6.42 Å². The molecule has 0 spiro atoms. The van der Waals surface area contributed by atoms with Gasteiger partial charge in [-0.2, -0.15) is 4.31 Å². The summed E-state index contributed by atoms with van der Waals surface area (Å²) in [6, 6.07) is 0. The molecule has 1 atom stereocenters. The van der Waals surface area contributed by atoms with Crippen molar-refractivity contribution in [3.05, 3.63) is 12.4 Å². The van der Waals surface area contributed by atoms with Gasteiger partial charge in [-0.3, -0.25) is 0 Å². The Hall–Kier alpha value is -0.825. The van der Waals surface area contributed by atoms with E-state index in [9.17, 15) is 4.55 Å². The van der Waals surface area contributed by atoms with Crippen LogP contribution in [0, 0.1) is 0 Å². The predicted molar refractivity (Wildman–Crippen MR) is 56.8 cm³/mol. The number of aromatic nitrogens is 2. The summed E-state index contributed by atoms with van der Waals surface area (Å²) in [4.78, 5) is 7.87. The highest BCUT2D eigenvalue weighted by Crippen LogP contribution is 2.18. The molecule has 0 aliphatic carbocycles. The third-order valence-corrected chi connectivity index (χ3v) is 3.58. The second kappa shape index (κ2) is 4.36. The summed E-state index contributed by atoms with van der Waals surface area (Å²) in [5.41, 5.74) is 0.226. The summed E-state index contributed by atoms with van der Waals surface area (Å²) in [7, 11) is -1.57. The molecule has 6 nitrogen and oxygen atoms in total. The van der Waals surface area contributed by atoms with Gasteiger partial charge in [-0.25, -0.2) is 9.97 Å². The van der Waals surface area contributed by atoms with Crippen molar-refractivity contribution in [2.24, 2.45) is 0 Å². The molecule has 1 aromatic heterocycles. The van der Waals surface area contributed by atoms with Crippen LogP contribution in [0.5, 0.6) is 0 Å². The van der Waals surface area contributed by atoms with E-state index in [4.69, 9.17) is 10.0 Å². The molecule has 2 heterocycles. The van der Waals surface area contributed by atoms with Gasteiger partial charge < -0.3 is 14.6 Å². The average Bonchev–Trinajstić information content (AvgIpc) is 2.65. The smallest absolute Gasteiger partial charge is 0.491 e. The van der Waals surface area contributed by atoms with E-state index in [1.54, 1.807) is 4.31 Å². The van der Waals surface area contributed by atoms with Gasteiger partial charge in [-0.05, 0) is 0 Å². The maximum atomic E-state index is 11.5. The molecule has 1 fully saturated rings. The molecule has 1 unspecified atom stereocenters. The molecule has 2 rings (SSSR count). The Kier molecular flexibility index (Phi) is 3.10. The van der Waals surface area contributed by atoms with Crippen LogP contribution in [0.3, 0.4) is 0 Å². The van der Waals surface area contributed by atoms with Gasteiger partial charge in [0.15, 0.2) is 0 Å². The van der Waals surface area contributed by atoms with Crippen LogP contribution in [0.1, 0.15) is 6.42 Å². The molecule has 0 saturated carbocycles. The third-order valence-electron chi connectivity index (χ3n) is 2.11. The van der Waals surface area contributed by atoms with Crippen molar-refractivity contribution in [3.63, 3.8) is 0 Å². The van der Waals surface area contributed by atoms with E-state index >= 15 is 0 Å². The molecule has 1 aromatic rings. The van der Waals surface area contributed by atoms with Crippen LogP contribution >= 0.6 is 0 Å². The van der Waals surface area contributed by atoms with E-state index in [-0.39, 0.29) is 5.46 Å². The molecule has 80 valence electrons. The summed E-state index contributed by atoms with van der Waals surface area (Å²) in [6.45, 7) is 0.674. The first-order valence-corrected chi connectivity index (χ1v) is 5.80. The number of rotatable bonds is 2. The zero-order valence-corrected chi connectivity index (χ0v) is 8.72. The molecule has 0 bridgehead atoms. The van der Waals surface area contributed by atoms with Gasteiger partial charge >= 0.3 is 7.12 Å². The fourth-order valence-corrected chi connectivity index (χ4v) is 2.53. The molecule has 1 saturated heterocycles. The van der Waals surface area contributed by atoms with Crippen molar-refractivity contribution in [1.82, 2.24) is 9.97 Å². The summed E-state index contributed by atoms with van der Waals surface area (Å²) in [6.07, 6.45) is 3.51. The largest absolute Gasteiger partial charge is 0.593 e. The van der Waals surface area contributed by atoms with E-state index in [1.165, 1.54) is 12.4 Å². The first-order valence-electron chi connectivity index (χ1n) is 4.52. The molecule has 0 radical (unpaired) electrons. The van der Waals surface area contributed by atoms with Crippen LogP contribution in [0.4, 0.5) is 5.95 Å². The lowest BCUT2D eigenvalue weighted by atomic mass is 9.83. The van der Waals surface area contributed by atoms with Crippen LogP contribution in [-0.4, -0.2) is 44.0 Å². The average molecular weight is 227 g/mol. The van der Waals surface area contributed by atoms with Crippen LogP contribution in [0.25, 0.3) is 0 Å². The van der Waals surface area contributed by atoms with Crippen LogP contribution < -0.4 is 9.77 Å². The lowest BCUT2D eigenvalue weighted by molar-refractivity contribution is 0.425. The standard InChI is InChI=1S/C7H10BN3O3S/c12-8(13)6-4-9-7(10-5-6)11-2-1-3-15(11)14/h4-5,12-13H,1-3H2. The highest BCUT2D eigenvalue weighted by Gasteiger charge is 2.29. The fraction of sp³-hybridized carbons (Fsp3) is 0.429. The summed E-state index contributed by atoms with van der Waals surface area (Å²) in [5, 5.41) is 17.7. The van der Waals surface area contributed by atoms with Crippen molar-refractivity contribution >= 4 is 29.9 Å². The molecule has 8 heteroatoms. The Morgan fingerprint density at radius 2 is 2.07 bits per heavy atom. The van der Waals surface area contributed by atoms with E-state index in [1.807, 2.05) is 0 Å². The minimum absolute atomic E-state index is 0.226. The Labute approximate surface area is 90.4 Å². The minimum Gasteiger partial charge on any atom is -0.593 e. The van der Waals surface area contributed by atoms with E-state index in [0.29, 0.717) is 18.2 Å². The quantitative estimate of drug-likeness (QED) is 0.449. The zero-order valence-electron chi connectivity index (χ0n) is 7.91. The minimum atomic E-state index is -1.57. The Bertz CT molecular complexity index is 337. The number of hydrogen-bond donors (Lipinski definition) is 2. The zero-order chi connectivity index (χ0) is 10.8. The van der Waals surface area contributed by atoms with Crippen LogP contribution in [0.15, 0.2) is 12.4 Å². The number of anilines is 1. The Balaban J connectivity index is 2.16. The second-order valence-electron chi connectivity index (χ2n) is 3.17. The molecular formula is C7H10BN3O3S. The van der Waals surface area contributed by atoms with Gasteiger partial charge in [0.2, 0.25) is 0 Å². The van der Waals surface area contributed by atoms with Crippen molar-refractivity contribution in [2.45, 2.75) is 6.42 Å². The topological polar surface area (TPSA) is 92.5 Å². The lowest BCUT2D eigenvalue weighted by Crippen LogP contribution is -2.33. The molecular weight excluding hydrogens is 217 g/mol. The maximum Gasteiger partial charge on any atom is 0.491 e. The van der Waals surface area contributed by atoms with Crippen molar-refractivity contribution in [2.75, 3.05) is 16.6 Å². The molecule has 1 aliphatic rings. The third kappa shape index (κ3) is 2.23. The van der Waals surface area contributed by atoms with Gasteiger partial charge in [-0.15, -0.1) is 0 Å². The maximum absolute atomic E-state index is 11.5. The van der Waals surface area contributed by atoms with Gasteiger partial charge in [0.25, 0.3) is 5.95 Å². The summed E-state index contributed by atoms with van der Waals surface area (Å²) >= 11 is -1.05. The van der Waals surface area contributed by atoms with Crippen LogP contribution in [-0.2, 0) is 11.4 Å². The Morgan fingerprint density at radius 3 is 2.53 bits per heavy atom. The molecule has 2 N–H and O–H groups in total. The van der Waals surface area contributed by atoms with Gasteiger partial charge in [0, 0.05) is 24.3 Å². The van der Waals surface area contributed by atoms with Crippen molar-refractivity contribution < 1.29 is 14.6 Å². The SMILES string of the molecule is [O-][S+]1CCCN1c1ncc(B(O)O)cn1. The highest BCUT2D eigenvalue weighted by molar-refractivity contribution is 7.93. The number of nitrogens with zero attached hydrogens (tertiary/aromatic N) is 3. The Morgan fingerprint density at radius 1 is 1.40 bits per heavy atom. The number of hydrogen-bond acceptors (Lipinski definition) is 6. The summed E-state index contributed by atoms with van der Waals surface area (Å²) in [5.74, 6) is 1.00. The van der Waals surface area contributed by atoms with E-state index in [2.05, 4.69) is 9.97 Å². The highest BCUT2D eigenvalue weighted by atomic mass is 32.2. The predicted octanol–water partition coefficient (Wildman–Crippen LogP) is -1.97. The first-order chi connectivity index (χ1) is 7.18. The monoisotopic (exact) mass is 227 g/mol. The molecule has 15 heavy (non-hydrogen) atoms. The van der Waals surface area contributed by atoms with Gasteiger partial charge in [-0.1, -0.05) is 0 Å².